The van der Waals surface area contributed by atoms with Crippen molar-refractivity contribution in [2.45, 2.75) is 69.9 Å². The van der Waals surface area contributed by atoms with Crippen molar-refractivity contribution in [2.75, 3.05) is 6.61 Å². The first-order valence-electron chi connectivity index (χ1n) is 7.81. The van der Waals surface area contributed by atoms with E-state index in [-0.39, 0.29) is 23.8 Å². The van der Waals surface area contributed by atoms with E-state index in [0.717, 1.165) is 51.4 Å². The minimum absolute atomic E-state index is 0.00131. The molecule has 0 aromatic heterocycles. The molecular weight excluding hydrogens is 256 g/mol. The zero-order valence-corrected chi connectivity index (χ0v) is 12.3. The van der Waals surface area contributed by atoms with Crippen molar-refractivity contribution in [3.8, 4) is 0 Å². The highest BCUT2D eigenvalue weighted by Crippen LogP contribution is 2.29. The highest BCUT2D eigenvalue weighted by molar-refractivity contribution is 5.86. The summed E-state index contributed by atoms with van der Waals surface area (Å²) >= 11 is 0. The van der Waals surface area contributed by atoms with Crippen molar-refractivity contribution in [3.63, 3.8) is 0 Å². The van der Waals surface area contributed by atoms with E-state index >= 15 is 0 Å². The average molecular weight is 282 g/mol. The third kappa shape index (κ3) is 3.51. The number of rotatable bonds is 4. The van der Waals surface area contributed by atoms with E-state index in [0.29, 0.717) is 6.61 Å². The van der Waals surface area contributed by atoms with Gasteiger partial charge in [0.2, 0.25) is 5.91 Å². The molecular formula is C15H26N2O3. The summed E-state index contributed by atoms with van der Waals surface area (Å²) < 4.78 is 5.05. The Hall–Kier alpha value is -1.10. The molecule has 2 aliphatic rings. The van der Waals surface area contributed by atoms with E-state index in [1.54, 1.807) is 0 Å². The first kappa shape index (κ1) is 15.3. The fourth-order valence-corrected chi connectivity index (χ4v) is 3.30. The number of esters is 1. The third-order valence-corrected chi connectivity index (χ3v) is 4.63. The minimum atomic E-state index is -0.655. The van der Waals surface area contributed by atoms with Gasteiger partial charge in [-0.25, -0.2) is 0 Å². The van der Waals surface area contributed by atoms with Crippen LogP contribution in [0.5, 0.6) is 0 Å². The summed E-state index contributed by atoms with van der Waals surface area (Å²) in [6, 6.07) is 0.161. The van der Waals surface area contributed by atoms with Crippen LogP contribution in [0.15, 0.2) is 0 Å². The summed E-state index contributed by atoms with van der Waals surface area (Å²) in [6.45, 7) is 2.26. The van der Waals surface area contributed by atoms with Crippen LogP contribution in [0, 0.1) is 5.92 Å². The highest BCUT2D eigenvalue weighted by Gasteiger charge is 2.38. The number of amides is 1. The first-order valence-corrected chi connectivity index (χ1v) is 7.81. The van der Waals surface area contributed by atoms with Crippen molar-refractivity contribution in [2.24, 2.45) is 11.7 Å². The molecule has 2 saturated carbocycles. The van der Waals surface area contributed by atoms with Gasteiger partial charge < -0.3 is 15.8 Å². The third-order valence-electron chi connectivity index (χ3n) is 4.63. The maximum atomic E-state index is 12.2. The molecule has 2 fully saturated rings. The predicted octanol–water partition coefficient (Wildman–Crippen LogP) is 1.50. The van der Waals surface area contributed by atoms with Gasteiger partial charge in [0.05, 0.1) is 18.1 Å². The number of hydrogen-bond acceptors (Lipinski definition) is 4. The van der Waals surface area contributed by atoms with E-state index in [4.69, 9.17) is 10.5 Å². The number of ether oxygens (including phenoxy) is 1. The molecule has 2 aliphatic carbocycles. The van der Waals surface area contributed by atoms with Crippen LogP contribution in [-0.2, 0) is 14.3 Å². The standard InChI is InChI=1S/C15H26N2O3/c1-2-20-13(18)11-5-7-12(8-6-11)17-14(19)15(16)9-3-4-10-15/h11-12H,2-10,16H2,1H3,(H,17,19). The van der Waals surface area contributed by atoms with Crippen LogP contribution < -0.4 is 11.1 Å². The molecule has 0 aromatic carbocycles. The Morgan fingerprint density at radius 2 is 1.80 bits per heavy atom. The number of carbonyl (C=O) groups is 2. The van der Waals surface area contributed by atoms with Crippen LogP contribution in [0.2, 0.25) is 0 Å². The zero-order valence-electron chi connectivity index (χ0n) is 12.3. The van der Waals surface area contributed by atoms with Crippen LogP contribution >= 0.6 is 0 Å². The Morgan fingerprint density at radius 3 is 2.35 bits per heavy atom. The van der Waals surface area contributed by atoms with Gasteiger partial charge in [0.25, 0.3) is 0 Å². The fourth-order valence-electron chi connectivity index (χ4n) is 3.30. The van der Waals surface area contributed by atoms with E-state index in [9.17, 15) is 9.59 Å². The number of hydrogen-bond donors (Lipinski definition) is 2. The molecule has 0 atom stereocenters. The van der Waals surface area contributed by atoms with Gasteiger partial charge in [0.15, 0.2) is 0 Å². The van der Waals surface area contributed by atoms with Crippen molar-refractivity contribution >= 4 is 11.9 Å². The summed E-state index contributed by atoms with van der Waals surface area (Å²) in [5.74, 6) is -0.0978. The minimum Gasteiger partial charge on any atom is -0.466 e. The number of nitrogens with one attached hydrogen (secondary N) is 1. The van der Waals surface area contributed by atoms with Gasteiger partial charge in [0.1, 0.15) is 0 Å². The highest BCUT2D eigenvalue weighted by atomic mass is 16.5. The molecule has 0 spiro atoms. The van der Waals surface area contributed by atoms with E-state index < -0.39 is 5.54 Å². The summed E-state index contributed by atoms with van der Waals surface area (Å²) in [5.41, 5.74) is 5.49. The van der Waals surface area contributed by atoms with Crippen LogP contribution in [0.1, 0.15) is 58.3 Å². The maximum Gasteiger partial charge on any atom is 0.308 e. The molecule has 0 bridgehead atoms. The molecule has 0 saturated heterocycles. The molecule has 5 nitrogen and oxygen atoms in total. The van der Waals surface area contributed by atoms with E-state index in [1.165, 1.54) is 0 Å². The van der Waals surface area contributed by atoms with Gasteiger partial charge in [-0.1, -0.05) is 12.8 Å². The van der Waals surface area contributed by atoms with Gasteiger partial charge in [0, 0.05) is 6.04 Å². The molecule has 2 rings (SSSR count). The van der Waals surface area contributed by atoms with Crippen molar-refractivity contribution < 1.29 is 14.3 Å². The lowest BCUT2D eigenvalue weighted by Crippen LogP contribution is -2.55. The van der Waals surface area contributed by atoms with Gasteiger partial charge in [-0.3, -0.25) is 9.59 Å². The van der Waals surface area contributed by atoms with Crippen molar-refractivity contribution in [3.05, 3.63) is 0 Å². The number of nitrogens with two attached hydrogens (primary N) is 1. The summed E-state index contributed by atoms with van der Waals surface area (Å²) in [4.78, 5) is 23.9. The Balaban J connectivity index is 1.77. The van der Waals surface area contributed by atoms with Crippen molar-refractivity contribution in [1.29, 1.82) is 0 Å². The van der Waals surface area contributed by atoms with Crippen LogP contribution in [0.3, 0.4) is 0 Å². The average Bonchev–Trinajstić information content (AvgIpc) is 2.88. The fraction of sp³-hybridized carbons (Fsp3) is 0.867. The van der Waals surface area contributed by atoms with Crippen LogP contribution in [0.4, 0.5) is 0 Å². The lowest BCUT2D eigenvalue weighted by Gasteiger charge is -2.31. The Labute approximate surface area is 120 Å². The summed E-state index contributed by atoms with van der Waals surface area (Å²) in [7, 11) is 0. The first-order chi connectivity index (χ1) is 9.55. The Kier molecular flexibility index (Phi) is 5.02. The van der Waals surface area contributed by atoms with Gasteiger partial charge in [-0.15, -0.1) is 0 Å². The van der Waals surface area contributed by atoms with Gasteiger partial charge in [-0.05, 0) is 45.4 Å². The topological polar surface area (TPSA) is 81.4 Å². The Bertz CT molecular complexity index is 356. The lowest BCUT2D eigenvalue weighted by atomic mass is 9.85. The molecule has 0 aromatic rings. The van der Waals surface area contributed by atoms with Crippen molar-refractivity contribution in [1.82, 2.24) is 5.32 Å². The monoisotopic (exact) mass is 282 g/mol. The molecule has 5 heteroatoms. The maximum absolute atomic E-state index is 12.2. The van der Waals surface area contributed by atoms with E-state index in [1.807, 2.05) is 6.92 Å². The Morgan fingerprint density at radius 1 is 1.20 bits per heavy atom. The molecule has 114 valence electrons. The molecule has 20 heavy (non-hydrogen) atoms. The second kappa shape index (κ2) is 6.57. The molecule has 3 N–H and O–H groups in total. The zero-order chi connectivity index (χ0) is 14.6. The molecule has 0 radical (unpaired) electrons. The lowest BCUT2D eigenvalue weighted by molar-refractivity contribution is -0.149. The van der Waals surface area contributed by atoms with Gasteiger partial charge >= 0.3 is 5.97 Å². The van der Waals surface area contributed by atoms with E-state index in [2.05, 4.69) is 5.32 Å². The molecule has 1 amide bonds. The SMILES string of the molecule is CCOC(=O)C1CCC(NC(=O)C2(N)CCCC2)CC1. The quantitative estimate of drug-likeness (QED) is 0.766. The normalized spacial score (nSPS) is 28.9. The summed E-state index contributed by atoms with van der Waals surface area (Å²) in [5, 5.41) is 3.08. The number of carbonyl (C=O) groups excluding carboxylic acids is 2. The smallest absolute Gasteiger partial charge is 0.308 e. The van der Waals surface area contributed by atoms with Crippen LogP contribution in [0.25, 0.3) is 0 Å². The molecule has 0 heterocycles. The van der Waals surface area contributed by atoms with Crippen LogP contribution in [-0.4, -0.2) is 30.1 Å². The second-order valence-electron chi connectivity index (χ2n) is 6.14. The molecule has 0 unspecified atom stereocenters. The largest absolute Gasteiger partial charge is 0.466 e. The van der Waals surface area contributed by atoms with Gasteiger partial charge in [-0.2, -0.15) is 0 Å². The second-order valence-corrected chi connectivity index (χ2v) is 6.14. The summed E-state index contributed by atoms with van der Waals surface area (Å²) in [6.07, 6.45) is 6.92. The predicted molar refractivity (Wildman–Crippen MR) is 75.9 cm³/mol. The molecule has 0 aliphatic heterocycles.